The van der Waals surface area contributed by atoms with Gasteiger partial charge >= 0.3 is 12.1 Å². The van der Waals surface area contributed by atoms with Gasteiger partial charge in [0.05, 0.1) is 0 Å². The number of halogens is 5. The smallest absolute Gasteiger partial charge is 0.387 e. The zero-order chi connectivity index (χ0) is 10.9. The minimum Gasteiger partial charge on any atom is -0.387 e. The summed E-state index contributed by atoms with van der Waals surface area (Å²) in [5, 5.41) is 16.7. The molecule has 2 unspecified atom stereocenters. The Labute approximate surface area is 71.0 Å². The normalized spacial score (nSPS) is 18.5. The molecule has 0 aromatic carbocycles. The maximum Gasteiger partial charge on any atom is 0.420 e. The van der Waals surface area contributed by atoms with Crippen molar-refractivity contribution >= 4 is 0 Å². The summed E-state index contributed by atoms with van der Waals surface area (Å²) in [6.45, 7) is 1.08. The minimum atomic E-state index is -5.43. The fraction of sp³-hybridized carbons (Fsp3) is 1.00. The number of hydrogen-bond donors (Lipinski definition) is 2. The van der Waals surface area contributed by atoms with Gasteiger partial charge in [0.2, 0.25) is 6.10 Å². The molecule has 13 heavy (non-hydrogen) atoms. The minimum absolute atomic E-state index is 0.569. The second-order valence-electron chi connectivity index (χ2n) is 2.54. The van der Waals surface area contributed by atoms with Gasteiger partial charge in [-0.3, -0.25) is 0 Å². The lowest BCUT2D eigenvalue weighted by Crippen LogP contribution is -2.51. The molecule has 0 aliphatic rings. The molecule has 0 rings (SSSR count). The highest BCUT2D eigenvalue weighted by Crippen LogP contribution is 2.35. The van der Waals surface area contributed by atoms with Gasteiger partial charge in [0.1, 0.15) is 6.10 Å². The van der Waals surface area contributed by atoms with Crippen molar-refractivity contribution in [1.29, 1.82) is 0 Å². The number of rotatable bonds is 3. The van der Waals surface area contributed by atoms with Crippen LogP contribution in [-0.2, 0) is 0 Å². The molecule has 0 fully saturated rings. The van der Waals surface area contributed by atoms with Gasteiger partial charge in [-0.25, -0.2) is 8.78 Å². The topological polar surface area (TPSA) is 40.5 Å². The predicted molar refractivity (Wildman–Crippen MR) is 33.3 cm³/mol. The Kier molecular flexibility index (Phi) is 3.62. The molecule has 0 aliphatic heterocycles. The van der Waals surface area contributed by atoms with Crippen LogP contribution in [0.2, 0.25) is 0 Å². The quantitative estimate of drug-likeness (QED) is 0.686. The largest absolute Gasteiger partial charge is 0.420 e. The molecule has 2 atom stereocenters. The van der Waals surface area contributed by atoms with E-state index in [-0.39, 0.29) is 0 Å². The summed E-state index contributed by atoms with van der Waals surface area (Å²) >= 11 is 0. The summed E-state index contributed by atoms with van der Waals surface area (Å²) in [5.41, 5.74) is 0. The van der Waals surface area contributed by atoms with E-state index >= 15 is 0 Å². The molecule has 0 saturated carbocycles. The number of hydrogen-bond acceptors (Lipinski definition) is 2. The summed E-state index contributed by atoms with van der Waals surface area (Å²) in [4.78, 5) is 0. The molecule has 2 nitrogen and oxygen atoms in total. The Morgan fingerprint density at radius 1 is 1.08 bits per heavy atom. The summed E-state index contributed by atoms with van der Waals surface area (Å²) < 4.78 is 59.8. The maximum atomic E-state index is 12.5. The zero-order valence-electron chi connectivity index (χ0n) is 6.65. The molecular weight excluding hydrogens is 199 g/mol. The Balaban J connectivity index is 4.63. The zero-order valence-corrected chi connectivity index (χ0v) is 6.65. The van der Waals surface area contributed by atoms with Crippen LogP contribution < -0.4 is 0 Å². The van der Waals surface area contributed by atoms with E-state index in [4.69, 9.17) is 10.2 Å². The first-order valence-electron chi connectivity index (χ1n) is 3.44. The molecular formula is C6H9F5O2. The van der Waals surface area contributed by atoms with Crippen molar-refractivity contribution in [2.45, 2.75) is 37.7 Å². The van der Waals surface area contributed by atoms with Gasteiger partial charge in [-0.1, -0.05) is 6.92 Å². The highest BCUT2D eigenvalue weighted by Gasteiger charge is 2.58. The first-order valence-corrected chi connectivity index (χ1v) is 3.44. The summed E-state index contributed by atoms with van der Waals surface area (Å²) in [5.74, 6) is -4.56. The van der Waals surface area contributed by atoms with Gasteiger partial charge in [0, 0.05) is 0 Å². The van der Waals surface area contributed by atoms with Crippen molar-refractivity contribution in [2.75, 3.05) is 0 Å². The van der Waals surface area contributed by atoms with E-state index in [0.29, 0.717) is 0 Å². The van der Waals surface area contributed by atoms with Crippen molar-refractivity contribution < 1.29 is 32.2 Å². The lowest BCUT2D eigenvalue weighted by molar-refractivity contribution is -0.290. The third kappa shape index (κ3) is 2.77. The van der Waals surface area contributed by atoms with Crippen LogP contribution in [0.25, 0.3) is 0 Å². The lowest BCUT2D eigenvalue weighted by Gasteiger charge is -2.27. The molecule has 0 aromatic heterocycles. The van der Waals surface area contributed by atoms with Crippen molar-refractivity contribution in [3.8, 4) is 0 Å². The SMILES string of the molecule is CCC(O)C(F)(F)C(O)C(F)(F)F. The van der Waals surface area contributed by atoms with Crippen molar-refractivity contribution in [1.82, 2.24) is 0 Å². The predicted octanol–water partition coefficient (Wildman–Crippen LogP) is 1.32. The van der Waals surface area contributed by atoms with Gasteiger partial charge in [0.15, 0.2) is 0 Å². The van der Waals surface area contributed by atoms with E-state index in [1.54, 1.807) is 0 Å². The lowest BCUT2D eigenvalue weighted by atomic mass is 10.0. The highest BCUT2D eigenvalue weighted by atomic mass is 19.4. The summed E-state index contributed by atoms with van der Waals surface area (Å²) in [6, 6.07) is 0. The third-order valence-corrected chi connectivity index (χ3v) is 1.51. The van der Waals surface area contributed by atoms with E-state index in [9.17, 15) is 22.0 Å². The molecule has 0 saturated heterocycles. The molecule has 0 aliphatic carbocycles. The Morgan fingerprint density at radius 3 is 1.69 bits per heavy atom. The van der Waals surface area contributed by atoms with Crippen molar-refractivity contribution in [3.05, 3.63) is 0 Å². The van der Waals surface area contributed by atoms with Gasteiger partial charge in [-0.2, -0.15) is 13.2 Å². The summed E-state index contributed by atoms with van der Waals surface area (Å²) in [7, 11) is 0. The van der Waals surface area contributed by atoms with Crippen LogP contribution in [-0.4, -0.2) is 34.5 Å². The fourth-order valence-corrected chi connectivity index (χ4v) is 0.673. The first kappa shape index (κ1) is 12.6. The number of aliphatic hydroxyl groups excluding tert-OH is 2. The second-order valence-corrected chi connectivity index (χ2v) is 2.54. The number of alkyl halides is 5. The van der Waals surface area contributed by atoms with Crippen LogP contribution in [0.1, 0.15) is 13.3 Å². The van der Waals surface area contributed by atoms with Crippen LogP contribution in [0.15, 0.2) is 0 Å². The average molecular weight is 208 g/mol. The molecule has 7 heteroatoms. The molecule has 0 spiro atoms. The van der Waals surface area contributed by atoms with E-state index < -0.39 is 30.7 Å². The van der Waals surface area contributed by atoms with Crippen LogP contribution >= 0.6 is 0 Å². The molecule has 0 aromatic rings. The van der Waals surface area contributed by atoms with Crippen LogP contribution in [0.3, 0.4) is 0 Å². The van der Waals surface area contributed by atoms with Crippen LogP contribution in [0.4, 0.5) is 22.0 Å². The highest BCUT2D eigenvalue weighted by molar-refractivity contribution is 4.87. The van der Waals surface area contributed by atoms with Gasteiger partial charge in [0.25, 0.3) is 0 Å². The van der Waals surface area contributed by atoms with Crippen LogP contribution in [0, 0.1) is 0 Å². The van der Waals surface area contributed by atoms with E-state index in [1.165, 1.54) is 0 Å². The van der Waals surface area contributed by atoms with E-state index in [0.717, 1.165) is 6.92 Å². The summed E-state index contributed by atoms with van der Waals surface area (Å²) in [6.07, 6.45) is -12.3. The molecule has 80 valence electrons. The molecule has 2 N–H and O–H groups in total. The van der Waals surface area contributed by atoms with Gasteiger partial charge < -0.3 is 10.2 Å². The first-order chi connectivity index (χ1) is 5.64. The average Bonchev–Trinajstić information content (AvgIpc) is 1.99. The third-order valence-electron chi connectivity index (χ3n) is 1.51. The van der Waals surface area contributed by atoms with E-state index in [2.05, 4.69) is 0 Å². The molecule has 0 bridgehead atoms. The van der Waals surface area contributed by atoms with Crippen molar-refractivity contribution in [3.63, 3.8) is 0 Å². The van der Waals surface area contributed by atoms with E-state index in [1.807, 2.05) is 0 Å². The van der Waals surface area contributed by atoms with Gasteiger partial charge in [-0.15, -0.1) is 0 Å². The van der Waals surface area contributed by atoms with Crippen LogP contribution in [0.5, 0.6) is 0 Å². The second kappa shape index (κ2) is 3.75. The molecule has 0 amide bonds. The fourth-order valence-electron chi connectivity index (χ4n) is 0.673. The standard InChI is InChI=1S/C6H9F5O2/c1-2-3(12)5(7,8)4(13)6(9,10)11/h3-4,12-13H,2H2,1H3. The molecule has 0 radical (unpaired) electrons. The Morgan fingerprint density at radius 2 is 1.46 bits per heavy atom. The van der Waals surface area contributed by atoms with Crippen molar-refractivity contribution in [2.24, 2.45) is 0 Å². The Bertz CT molecular complexity index is 167. The van der Waals surface area contributed by atoms with Gasteiger partial charge in [-0.05, 0) is 6.42 Å². The Hall–Kier alpha value is -0.430. The monoisotopic (exact) mass is 208 g/mol. The molecule has 0 heterocycles. The number of aliphatic hydroxyl groups is 2. The maximum absolute atomic E-state index is 12.5.